The molecule has 4 aromatic rings. The van der Waals surface area contributed by atoms with Gasteiger partial charge in [0.05, 0.1) is 12.0 Å². The molecule has 13 heteroatoms. The molecule has 1 saturated heterocycles. The summed E-state index contributed by atoms with van der Waals surface area (Å²) < 4.78 is 5.94. The topological polar surface area (TPSA) is 158 Å². The zero-order chi connectivity index (χ0) is 44.5. The Morgan fingerprint density at radius 2 is 1.68 bits per heavy atom. The van der Waals surface area contributed by atoms with Gasteiger partial charge in [-0.1, -0.05) is 119 Å². The van der Waals surface area contributed by atoms with Crippen LogP contribution in [0.3, 0.4) is 0 Å². The van der Waals surface area contributed by atoms with Gasteiger partial charge in [0.1, 0.15) is 16.7 Å². The minimum Gasteiger partial charge on any atom is -0.481 e. The number of carboxylic acids is 1. The number of carbonyl (C=O) groups excluding carboxylic acids is 4. The number of aliphatic carboxylic acids is 1. The molecule has 1 fully saturated rings. The molecule has 0 unspecified atom stereocenters. The molecule has 3 N–H and O–H groups in total. The number of nitrogens with zero attached hydrogens (tertiary/aromatic N) is 3. The predicted octanol–water partition coefficient (Wildman–Crippen LogP) is 7.79. The van der Waals surface area contributed by atoms with E-state index in [1.54, 1.807) is 5.38 Å². The van der Waals surface area contributed by atoms with Gasteiger partial charge in [0.2, 0.25) is 11.8 Å². The maximum atomic E-state index is 15.0. The molecular weight excluding hydrogens is 803 g/mol. The third kappa shape index (κ3) is 11.3. The Labute approximate surface area is 369 Å². The maximum Gasteiger partial charge on any atom is 0.311 e. The summed E-state index contributed by atoms with van der Waals surface area (Å²) in [5, 5.41) is 18.5. The number of rotatable bonds is 17. The number of benzene rings is 3. The first-order valence-electron chi connectivity index (χ1n) is 21.9. The largest absolute Gasteiger partial charge is 0.481 e. The predicted molar refractivity (Wildman–Crippen MR) is 240 cm³/mol. The zero-order valence-electron chi connectivity index (χ0n) is 36.7. The van der Waals surface area contributed by atoms with Crippen molar-refractivity contribution in [2.45, 2.75) is 122 Å². The van der Waals surface area contributed by atoms with Crippen LogP contribution in [0.2, 0.25) is 0 Å². The second-order valence-corrected chi connectivity index (χ2v) is 18.2. The summed E-state index contributed by atoms with van der Waals surface area (Å²) >= 11 is 1.19. The van der Waals surface area contributed by atoms with Crippen LogP contribution in [0.4, 0.5) is 0 Å². The second kappa shape index (κ2) is 21.1. The quantitative estimate of drug-likeness (QED) is 0.0902. The van der Waals surface area contributed by atoms with Gasteiger partial charge in [-0.05, 0) is 78.9 Å². The van der Waals surface area contributed by atoms with Crippen LogP contribution in [0, 0.1) is 11.8 Å². The summed E-state index contributed by atoms with van der Waals surface area (Å²) in [6, 6.07) is 23.4. The number of carbonyl (C=O) groups is 5. The number of piperidine rings is 1. The van der Waals surface area contributed by atoms with Crippen LogP contribution in [0.25, 0.3) is 11.1 Å². The standard InChI is InChI=1S/C49H61N5O7S/c1-7-31(4)44(52-46(57)41-20-14-15-23-53(41)6)48(58)54(28-33-16-10-8-11-17-33)42(30(2)3)27-43(61-32(5)55)47-51-40(29-62-47)45(56)50-37-24-36-22-21-35(34-18-12-9-13-19-34)25-38(36)39(26-37)49(59)60/h8-13,16-19,21-22,25,29-31,37,39,41-44H,7,14-15,20,23-24,26-28H2,1-6H3,(H,50,56)(H,52,57)(H,59,60)/t31-,37-,39+,41+,42+,43+,44-/m0/s1. The van der Waals surface area contributed by atoms with E-state index in [9.17, 15) is 24.3 Å². The van der Waals surface area contributed by atoms with Gasteiger partial charge in [0.25, 0.3) is 5.91 Å². The third-order valence-corrected chi connectivity index (χ3v) is 13.5. The number of fused-ring (bicyclic) bond motifs is 1. The lowest BCUT2D eigenvalue weighted by molar-refractivity contribution is -0.150. The number of hydrogen-bond acceptors (Lipinski definition) is 9. The molecule has 0 saturated carbocycles. The lowest BCUT2D eigenvalue weighted by Crippen LogP contribution is -2.58. The van der Waals surface area contributed by atoms with Gasteiger partial charge < -0.3 is 25.4 Å². The monoisotopic (exact) mass is 863 g/mol. The molecule has 62 heavy (non-hydrogen) atoms. The number of carboxylic acid groups (broad SMARTS) is 1. The van der Waals surface area contributed by atoms with Crippen LogP contribution in [0.5, 0.6) is 0 Å². The highest BCUT2D eigenvalue weighted by Crippen LogP contribution is 2.36. The molecule has 3 aromatic carbocycles. The Kier molecular flexibility index (Phi) is 15.7. The molecule has 1 aliphatic heterocycles. The molecule has 1 aromatic heterocycles. The number of thiazole rings is 1. The third-order valence-electron chi connectivity index (χ3n) is 12.5. The van der Waals surface area contributed by atoms with Crippen molar-refractivity contribution in [2.24, 2.45) is 11.8 Å². The molecule has 0 spiro atoms. The van der Waals surface area contributed by atoms with Gasteiger partial charge >= 0.3 is 11.9 Å². The molecule has 2 aliphatic rings. The highest BCUT2D eigenvalue weighted by molar-refractivity contribution is 7.09. The Morgan fingerprint density at radius 1 is 0.968 bits per heavy atom. The minimum absolute atomic E-state index is 0.110. The van der Waals surface area contributed by atoms with Crippen LogP contribution in [0.1, 0.15) is 117 Å². The smallest absolute Gasteiger partial charge is 0.311 e. The van der Waals surface area contributed by atoms with Crippen LogP contribution in [0.15, 0.2) is 84.2 Å². The van der Waals surface area contributed by atoms with Crippen molar-refractivity contribution in [1.82, 2.24) is 25.4 Å². The first-order valence-corrected chi connectivity index (χ1v) is 22.8. The van der Waals surface area contributed by atoms with Crippen LogP contribution in [-0.2, 0) is 36.9 Å². The van der Waals surface area contributed by atoms with E-state index in [-0.39, 0.29) is 54.8 Å². The first-order chi connectivity index (χ1) is 29.7. The molecule has 3 amide bonds. The van der Waals surface area contributed by atoms with Gasteiger partial charge in [-0.2, -0.15) is 0 Å². The van der Waals surface area contributed by atoms with Gasteiger partial charge in [-0.15, -0.1) is 11.3 Å². The Bertz CT molecular complexity index is 2180. The summed E-state index contributed by atoms with van der Waals surface area (Å²) in [5.74, 6) is -3.37. The second-order valence-electron chi connectivity index (χ2n) is 17.3. The highest BCUT2D eigenvalue weighted by atomic mass is 32.1. The summed E-state index contributed by atoms with van der Waals surface area (Å²) in [6.07, 6.45) is 3.38. The summed E-state index contributed by atoms with van der Waals surface area (Å²) in [4.78, 5) is 76.5. The molecule has 6 rings (SSSR count). The Hall–Kier alpha value is -5.40. The van der Waals surface area contributed by atoms with E-state index in [4.69, 9.17) is 9.72 Å². The fourth-order valence-electron chi connectivity index (χ4n) is 8.85. The lowest BCUT2D eigenvalue weighted by Gasteiger charge is -2.40. The van der Waals surface area contributed by atoms with E-state index < -0.39 is 48.0 Å². The van der Waals surface area contributed by atoms with Crippen molar-refractivity contribution in [3.05, 3.63) is 112 Å². The van der Waals surface area contributed by atoms with Gasteiger partial charge in [-0.25, -0.2) is 4.98 Å². The van der Waals surface area contributed by atoms with Crippen LogP contribution < -0.4 is 10.6 Å². The van der Waals surface area contributed by atoms with Crippen molar-refractivity contribution < 1.29 is 33.8 Å². The van der Waals surface area contributed by atoms with Crippen LogP contribution in [-0.4, -0.2) is 87.3 Å². The average Bonchev–Trinajstić information content (AvgIpc) is 3.77. The molecular formula is C49H61N5O7S. The normalized spacial score (nSPS) is 19.6. The van der Waals surface area contributed by atoms with E-state index in [0.717, 1.165) is 53.6 Å². The van der Waals surface area contributed by atoms with Crippen molar-refractivity contribution in [3.63, 3.8) is 0 Å². The number of likely N-dealkylation sites (N-methyl/N-ethyl adjacent to an activating group) is 1. The molecule has 2 heterocycles. The first kappa shape index (κ1) is 46.1. The maximum absolute atomic E-state index is 15.0. The summed E-state index contributed by atoms with van der Waals surface area (Å²) in [7, 11) is 1.95. The van der Waals surface area contributed by atoms with E-state index in [1.807, 2.05) is 119 Å². The van der Waals surface area contributed by atoms with Crippen LogP contribution >= 0.6 is 11.3 Å². The fourth-order valence-corrected chi connectivity index (χ4v) is 9.69. The number of hydrogen-bond donors (Lipinski definition) is 3. The number of nitrogens with one attached hydrogen (secondary N) is 2. The number of amides is 3. The van der Waals surface area contributed by atoms with Crippen molar-refractivity contribution in [2.75, 3.05) is 13.6 Å². The molecule has 0 bridgehead atoms. The number of ether oxygens (including phenoxy) is 1. The molecule has 1 aliphatic carbocycles. The Morgan fingerprint density at radius 3 is 2.32 bits per heavy atom. The lowest BCUT2D eigenvalue weighted by atomic mass is 9.79. The van der Waals surface area contributed by atoms with Crippen molar-refractivity contribution in [3.8, 4) is 11.1 Å². The zero-order valence-corrected chi connectivity index (χ0v) is 37.5. The van der Waals surface area contributed by atoms with Crippen molar-refractivity contribution >= 4 is 41.0 Å². The summed E-state index contributed by atoms with van der Waals surface area (Å²) in [5.41, 5.74) is 4.60. The SMILES string of the molecule is CC[C@H](C)[C@H](NC(=O)[C@H]1CCCCN1C)C(=O)N(Cc1ccccc1)[C@H](C[C@@H](OC(C)=O)c1nc(C(=O)N[C@H]2Cc3ccc(-c4ccccc4)cc3[C@H](C(=O)O)C2)cs1)C(C)C. The molecule has 0 radical (unpaired) electrons. The van der Waals surface area contributed by atoms with Gasteiger partial charge in [0.15, 0.2) is 6.10 Å². The number of esters is 1. The highest BCUT2D eigenvalue weighted by Gasteiger charge is 2.39. The molecule has 12 nitrogen and oxygen atoms in total. The van der Waals surface area contributed by atoms with E-state index in [0.29, 0.717) is 17.8 Å². The summed E-state index contributed by atoms with van der Waals surface area (Å²) in [6.45, 7) is 10.4. The Balaban J connectivity index is 1.23. The molecule has 7 atom stereocenters. The van der Waals surface area contributed by atoms with E-state index in [1.165, 1.54) is 18.3 Å². The van der Waals surface area contributed by atoms with E-state index >= 15 is 4.79 Å². The molecule has 330 valence electrons. The number of likely N-dealkylation sites (tertiary alicyclic amines) is 1. The van der Waals surface area contributed by atoms with Gasteiger partial charge in [-0.3, -0.25) is 28.9 Å². The van der Waals surface area contributed by atoms with E-state index in [2.05, 4.69) is 15.5 Å². The average molecular weight is 864 g/mol. The van der Waals surface area contributed by atoms with Gasteiger partial charge in [0, 0.05) is 37.4 Å². The fraction of sp³-hybridized carbons (Fsp3) is 0.469. The number of aromatic nitrogens is 1. The minimum atomic E-state index is -0.954. The van der Waals surface area contributed by atoms with Crippen molar-refractivity contribution in [1.29, 1.82) is 0 Å².